The van der Waals surface area contributed by atoms with Crippen molar-refractivity contribution in [2.24, 2.45) is 0 Å². The molecule has 20 heteroatoms. The van der Waals surface area contributed by atoms with Gasteiger partial charge in [-0.1, -0.05) is 25.7 Å². The fourth-order valence-corrected chi connectivity index (χ4v) is 6.02. The first-order valence-electron chi connectivity index (χ1n) is 18.2. The minimum Gasteiger partial charge on any atom is -0.469 e. The Hall–Kier alpha value is -4.40. The Morgan fingerprint density at radius 3 is 1.23 bits per heavy atom. The van der Waals surface area contributed by atoms with E-state index in [-0.39, 0.29) is 12.6 Å². The van der Waals surface area contributed by atoms with Crippen LogP contribution in [0.5, 0.6) is 0 Å². The molecule has 0 saturated carbocycles. The van der Waals surface area contributed by atoms with E-state index in [4.69, 9.17) is 52.1 Å². The third-order valence-corrected chi connectivity index (χ3v) is 8.16. The molecular formula is C36H54O20. The van der Waals surface area contributed by atoms with Gasteiger partial charge in [0.2, 0.25) is 0 Å². The summed E-state index contributed by atoms with van der Waals surface area (Å²) in [4.78, 5) is 96.7. The van der Waals surface area contributed by atoms with Crippen molar-refractivity contribution in [1.82, 2.24) is 0 Å². The van der Waals surface area contributed by atoms with E-state index in [9.17, 15) is 38.4 Å². The van der Waals surface area contributed by atoms with E-state index < -0.39 is 116 Å². The molecule has 56 heavy (non-hydrogen) atoms. The number of rotatable bonds is 21. The van der Waals surface area contributed by atoms with Crippen molar-refractivity contribution in [2.45, 2.75) is 155 Å². The van der Waals surface area contributed by atoms with Crippen LogP contribution in [0.25, 0.3) is 0 Å². The predicted molar refractivity (Wildman–Crippen MR) is 184 cm³/mol. The Morgan fingerprint density at radius 1 is 0.429 bits per heavy atom. The number of esters is 8. The van der Waals surface area contributed by atoms with Crippen molar-refractivity contribution >= 4 is 47.8 Å². The van der Waals surface area contributed by atoms with Crippen LogP contribution in [0.15, 0.2) is 0 Å². The first-order valence-corrected chi connectivity index (χ1v) is 18.2. The lowest BCUT2D eigenvalue weighted by molar-refractivity contribution is -0.334. The number of hydrogen-bond acceptors (Lipinski definition) is 20. The fraction of sp³-hybridized carbons (Fsp3) is 0.778. The maximum Gasteiger partial charge on any atom is 0.305 e. The summed E-state index contributed by atoms with van der Waals surface area (Å²) in [6.07, 6.45) is -9.79. The molecule has 2 aliphatic heterocycles. The van der Waals surface area contributed by atoms with E-state index in [1.165, 1.54) is 7.11 Å². The highest BCUT2D eigenvalue weighted by Gasteiger charge is 2.55. The number of ether oxygens (including phenoxy) is 12. The first-order chi connectivity index (χ1) is 26.4. The van der Waals surface area contributed by atoms with Crippen LogP contribution in [0.1, 0.15) is 93.4 Å². The molecule has 0 aromatic rings. The van der Waals surface area contributed by atoms with Crippen LogP contribution in [0, 0.1) is 0 Å². The van der Waals surface area contributed by atoms with E-state index >= 15 is 0 Å². The molecule has 0 unspecified atom stereocenters. The predicted octanol–water partition coefficient (Wildman–Crippen LogP) is 1.53. The van der Waals surface area contributed by atoms with Crippen LogP contribution < -0.4 is 0 Å². The van der Waals surface area contributed by atoms with Crippen molar-refractivity contribution < 1.29 is 95.2 Å². The largest absolute Gasteiger partial charge is 0.469 e. The van der Waals surface area contributed by atoms with Crippen LogP contribution in [0.3, 0.4) is 0 Å². The molecule has 0 aromatic carbocycles. The monoisotopic (exact) mass is 806 g/mol. The quantitative estimate of drug-likeness (QED) is 0.0906. The second kappa shape index (κ2) is 24.3. The zero-order valence-corrected chi connectivity index (χ0v) is 33.0. The van der Waals surface area contributed by atoms with Gasteiger partial charge in [-0.3, -0.25) is 38.4 Å². The van der Waals surface area contributed by atoms with Crippen LogP contribution in [-0.2, 0) is 95.2 Å². The van der Waals surface area contributed by atoms with Crippen molar-refractivity contribution in [2.75, 3.05) is 26.9 Å². The summed E-state index contributed by atoms with van der Waals surface area (Å²) in [5, 5.41) is 0. The van der Waals surface area contributed by atoms with E-state index in [1.54, 1.807) is 0 Å². The molecule has 0 N–H and O–H groups in total. The third-order valence-electron chi connectivity index (χ3n) is 8.16. The molecule has 0 aromatic heterocycles. The van der Waals surface area contributed by atoms with Crippen molar-refractivity contribution in [3.8, 4) is 0 Å². The minimum atomic E-state index is -1.64. The van der Waals surface area contributed by atoms with Crippen molar-refractivity contribution in [3.63, 3.8) is 0 Å². The second-order valence-corrected chi connectivity index (χ2v) is 13.0. The molecule has 2 rings (SSSR count). The van der Waals surface area contributed by atoms with E-state index in [2.05, 4.69) is 4.74 Å². The molecule has 2 fully saturated rings. The Bertz CT molecular complexity index is 1350. The SMILES string of the molecule is COC(=O)CCCCCCCCO[C@H]1O[C@H](CO[C@H]2O[C@H](COC(C)=O)[C@H](OC(C)=O)[C@H](OC(C)=O)[C@H]2OC(C)=O)[C@@H](OC(C)=O)[C@H](OC(C)=O)[C@H]1OC(C)=O. The van der Waals surface area contributed by atoms with Crippen LogP contribution in [-0.4, -0.2) is 136 Å². The highest BCUT2D eigenvalue weighted by Crippen LogP contribution is 2.33. The number of unbranched alkanes of at least 4 members (excludes halogenated alkanes) is 5. The van der Waals surface area contributed by atoms with Gasteiger partial charge < -0.3 is 56.8 Å². The lowest BCUT2D eigenvalue weighted by atomic mass is 9.97. The standard InChI is InChI=1S/C36H54O20/c1-19(37)47-17-26-29(49-20(2)38)32(52-23(5)41)34(54-25(7)43)36(56-26)48-18-27-30(50-21(3)39)31(51-22(4)40)33(53-24(6)42)35(55-27)46-16-14-12-10-9-11-13-15-28(44)45-8/h26-27,29-36H,9-18H2,1-8H3/t26-,27-,29+,30-,31+,32+,33-,34-,35+,36+/m1/s1. The average Bonchev–Trinajstić information content (AvgIpc) is 3.09. The second-order valence-electron chi connectivity index (χ2n) is 13.0. The molecule has 2 saturated heterocycles. The van der Waals surface area contributed by atoms with Crippen LogP contribution in [0.4, 0.5) is 0 Å². The maximum absolute atomic E-state index is 12.4. The van der Waals surface area contributed by atoms with Gasteiger partial charge in [0.05, 0.1) is 13.7 Å². The van der Waals surface area contributed by atoms with E-state index in [1.807, 2.05) is 0 Å². The number of hydrogen-bond donors (Lipinski definition) is 0. The molecule has 318 valence electrons. The van der Waals surface area contributed by atoms with Gasteiger partial charge in [0.15, 0.2) is 49.2 Å². The van der Waals surface area contributed by atoms with Gasteiger partial charge in [-0.25, -0.2) is 0 Å². The Morgan fingerprint density at radius 2 is 0.804 bits per heavy atom. The third kappa shape index (κ3) is 16.8. The molecule has 0 bridgehead atoms. The molecule has 2 aliphatic rings. The molecule has 2 heterocycles. The van der Waals surface area contributed by atoms with Gasteiger partial charge in [0.25, 0.3) is 0 Å². The Kier molecular flexibility index (Phi) is 20.7. The highest BCUT2D eigenvalue weighted by molar-refractivity contribution is 5.70. The van der Waals surface area contributed by atoms with Gasteiger partial charge in [-0.2, -0.15) is 0 Å². The van der Waals surface area contributed by atoms with Crippen LogP contribution >= 0.6 is 0 Å². The fourth-order valence-electron chi connectivity index (χ4n) is 6.02. The van der Waals surface area contributed by atoms with Gasteiger partial charge in [-0.05, 0) is 12.8 Å². The van der Waals surface area contributed by atoms with Crippen molar-refractivity contribution in [1.29, 1.82) is 0 Å². The molecule has 0 aliphatic carbocycles. The summed E-state index contributed by atoms with van der Waals surface area (Å²) >= 11 is 0. The van der Waals surface area contributed by atoms with Crippen LogP contribution in [0.2, 0.25) is 0 Å². The summed E-state index contributed by atoms with van der Waals surface area (Å²) in [6, 6.07) is 0. The average molecular weight is 807 g/mol. The van der Waals surface area contributed by atoms with Gasteiger partial charge in [-0.15, -0.1) is 0 Å². The summed E-state index contributed by atoms with van der Waals surface area (Å²) in [5.41, 5.74) is 0. The molecule has 0 amide bonds. The number of carbonyl (C=O) groups excluding carboxylic acids is 8. The first kappa shape index (κ1) is 47.8. The number of carbonyl (C=O) groups is 8. The van der Waals surface area contributed by atoms with Gasteiger partial charge in [0, 0.05) is 61.5 Å². The zero-order valence-electron chi connectivity index (χ0n) is 33.0. The smallest absolute Gasteiger partial charge is 0.305 e. The normalized spacial score (nSPS) is 27.1. The van der Waals surface area contributed by atoms with E-state index in [0.29, 0.717) is 19.3 Å². The summed E-state index contributed by atoms with van der Waals surface area (Å²) in [5.74, 6) is -5.99. The minimum absolute atomic E-state index is 0.100. The molecule has 0 radical (unpaired) electrons. The molecular weight excluding hydrogens is 752 g/mol. The zero-order chi connectivity index (χ0) is 41.9. The highest BCUT2D eigenvalue weighted by atomic mass is 16.8. The Balaban J connectivity index is 2.41. The van der Waals surface area contributed by atoms with E-state index in [0.717, 1.165) is 74.1 Å². The molecule has 20 nitrogen and oxygen atoms in total. The summed E-state index contributed by atoms with van der Waals surface area (Å²) in [6.45, 7) is 6.60. The van der Waals surface area contributed by atoms with Gasteiger partial charge in [0.1, 0.15) is 18.8 Å². The maximum atomic E-state index is 12.4. The van der Waals surface area contributed by atoms with Gasteiger partial charge >= 0.3 is 47.8 Å². The summed E-state index contributed by atoms with van der Waals surface area (Å²) in [7, 11) is 1.34. The lowest BCUT2D eigenvalue weighted by Gasteiger charge is -2.46. The summed E-state index contributed by atoms with van der Waals surface area (Å²) < 4.78 is 66.8. The molecule has 10 atom stereocenters. The lowest BCUT2D eigenvalue weighted by Crippen LogP contribution is -2.65. The molecule has 0 spiro atoms. The van der Waals surface area contributed by atoms with Crippen molar-refractivity contribution in [3.05, 3.63) is 0 Å². The topological polar surface area (TPSA) is 247 Å². The Labute approximate surface area is 324 Å². The number of methoxy groups -OCH3 is 1.